The van der Waals surface area contributed by atoms with Gasteiger partial charge in [-0.2, -0.15) is 9.78 Å². The predicted octanol–water partition coefficient (Wildman–Crippen LogP) is 7.36. The van der Waals surface area contributed by atoms with Gasteiger partial charge in [0.15, 0.2) is 0 Å². The van der Waals surface area contributed by atoms with E-state index in [1.165, 1.54) is 4.68 Å². The van der Waals surface area contributed by atoms with Crippen LogP contribution in [-0.4, -0.2) is 15.9 Å². The van der Waals surface area contributed by atoms with E-state index in [0.29, 0.717) is 50.6 Å². The van der Waals surface area contributed by atoms with Gasteiger partial charge in [-0.05, 0) is 64.0 Å². The number of halogens is 4. The summed E-state index contributed by atoms with van der Waals surface area (Å²) in [7, 11) is 0. The summed E-state index contributed by atoms with van der Waals surface area (Å²) in [6.07, 6.45) is 2.12. The Morgan fingerprint density at radius 1 is 1.06 bits per heavy atom. The molecule has 168 valence electrons. The zero-order valence-corrected chi connectivity index (χ0v) is 22.9. The largest absolute Gasteiger partial charge is 0.487 e. The lowest BCUT2D eigenvalue weighted by Crippen LogP contribution is -2.22. The fraction of sp³-hybridized carbons (Fsp3) is 0.125. The summed E-state index contributed by atoms with van der Waals surface area (Å²) < 4.78 is 9.90. The lowest BCUT2D eigenvalue weighted by atomic mass is 10.2. The Morgan fingerprint density at radius 2 is 1.79 bits per heavy atom. The van der Waals surface area contributed by atoms with Crippen LogP contribution < -0.4 is 10.3 Å². The molecular weight excluding hydrogens is 637 g/mol. The zero-order valence-electron chi connectivity index (χ0n) is 17.4. The number of nitrogens with zero attached hydrogens (tertiary/aromatic N) is 3. The van der Waals surface area contributed by atoms with Crippen LogP contribution in [0.5, 0.6) is 5.75 Å². The standard InChI is InChI=1S/C24H17Br3ClN3O2/c1-2-22-30-21-8-7-17(26)10-19(21)24(32)31(22)29-12-15-9-18(28)11-20(27)23(15)33-13-14-3-5-16(25)6-4-14/h3-12H,2,13H2,1H3. The Morgan fingerprint density at radius 3 is 2.52 bits per heavy atom. The van der Waals surface area contributed by atoms with Crippen molar-refractivity contribution in [3.05, 3.63) is 100 Å². The molecule has 0 saturated heterocycles. The number of hydrogen-bond donors (Lipinski definition) is 0. The molecule has 33 heavy (non-hydrogen) atoms. The first-order valence-corrected chi connectivity index (χ1v) is 12.7. The molecule has 0 radical (unpaired) electrons. The highest BCUT2D eigenvalue weighted by Gasteiger charge is 2.12. The summed E-state index contributed by atoms with van der Waals surface area (Å²) in [6.45, 7) is 2.29. The second kappa shape index (κ2) is 10.5. The maximum atomic E-state index is 13.2. The first-order valence-electron chi connectivity index (χ1n) is 9.97. The molecule has 0 aliphatic rings. The summed E-state index contributed by atoms with van der Waals surface area (Å²) >= 11 is 16.7. The number of aromatic nitrogens is 2. The van der Waals surface area contributed by atoms with E-state index in [0.717, 1.165) is 14.5 Å². The Labute approximate surface area is 220 Å². The molecule has 0 aliphatic heterocycles. The molecule has 0 saturated carbocycles. The van der Waals surface area contributed by atoms with Gasteiger partial charge in [0.1, 0.15) is 18.2 Å². The van der Waals surface area contributed by atoms with Crippen LogP contribution in [0.4, 0.5) is 0 Å². The summed E-state index contributed by atoms with van der Waals surface area (Å²) in [5.41, 5.74) is 2.04. The highest BCUT2D eigenvalue weighted by atomic mass is 79.9. The topological polar surface area (TPSA) is 56.5 Å². The quantitative estimate of drug-likeness (QED) is 0.204. The van der Waals surface area contributed by atoms with Crippen molar-refractivity contribution < 1.29 is 4.74 Å². The van der Waals surface area contributed by atoms with E-state index in [-0.39, 0.29) is 5.56 Å². The molecule has 1 heterocycles. The maximum Gasteiger partial charge on any atom is 0.282 e. The molecule has 0 fully saturated rings. The lowest BCUT2D eigenvalue weighted by molar-refractivity contribution is 0.304. The van der Waals surface area contributed by atoms with E-state index in [2.05, 4.69) is 57.9 Å². The second-order valence-electron chi connectivity index (χ2n) is 7.13. The van der Waals surface area contributed by atoms with Crippen molar-refractivity contribution in [2.75, 3.05) is 0 Å². The van der Waals surface area contributed by atoms with Gasteiger partial charge in [-0.1, -0.05) is 62.5 Å². The molecule has 4 aromatic rings. The van der Waals surface area contributed by atoms with E-state index in [1.54, 1.807) is 24.4 Å². The Balaban J connectivity index is 1.73. The van der Waals surface area contributed by atoms with Crippen LogP contribution in [0.1, 0.15) is 23.9 Å². The maximum absolute atomic E-state index is 13.2. The molecule has 0 atom stereocenters. The van der Waals surface area contributed by atoms with Gasteiger partial charge >= 0.3 is 0 Å². The molecule has 4 rings (SSSR count). The van der Waals surface area contributed by atoms with E-state index in [1.807, 2.05) is 43.3 Å². The van der Waals surface area contributed by atoms with Gasteiger partial charge in [0, 0.05) is 26.0 Å². The number of rotatable bonds is 6. The van der Waals surface area contributed by atoms with Crippen molar-refractivity contribution in [1.82, 2.24) is 9.66 Å². The third-order valence-corrected chi connectivity index (χ3v) is 6.67. The summed E-state index contributed by atoms with van der Waals surface area (Å²) in [5, 5.41) is 5.47. The first-order chi connectivity index (χ1) is 15.9. The molecule has 5 nitrogen and oxygen atoms in total. The van der Waals surface area contributed by atoms with Crippen LogP contribution in [0.3, 0.4) is 0 Å². The van der Waals surface area contributed by atoms with Crippen LogP contribution in [0, 0.1) is 0 Å². The fourth-order valence-electron chi connectivity index (χ4n) is 3.23. The molecule has 0 unspecified atom stereocenters. The van der Waals surface area contributed by atoms with Crippen LogP contribution >= 0.6 is 59.4 Å². The Hall–Kier alpha value is -2.00. The third-order valence-electron chi connectivity index (χ3n) is 4.84. The van der Waals surface area contributed by atoms with Crippen molar-refractivity contribution in [3.8, 4) is 5.75 Å². The minimum absolute atomic E-state index is 0.243. The summed E-state index contributed by atoms with van der Waals surface area (Å²) in [6, 6.07) is 16.8. The molecule has 0 spiro atoms. The predicted molar refractivity (Wildman–Crippen MR) is 144 cm³/mol. The number of fused-ring (bicyclic) bond motifs is 1. The van der Waals surface area contributed by atoms with Crippen molar-refractivity contribution in [2.24, 2.45) is 5.10 Å². The van der Waals surface area contributed by atoms with Gasteiger partial charge in [0.05, 0.1) is 21.6 Å². The number of hydrogen-bond acceptors (Lipinski definition) is 4. The van der Waals surface area contributed by atoms with Crippen molar-refractivity contribution in [3.63, 3.8) is 0 Å². The normalized spacial score (nSPS) is 11.4. The van der Waals surface area contributed by atoms with Crippen LogP contribution in [-0.2, 0) is 13.0 Å². The number of benzene rings is 3. The van der Waals surface area contributed by atoms with Crippen molar-refractivity contribution in [1.29, 1.82) is 0 Å². The summed E-state index contributed by atoms with van der Waals surface area (Å²) in [4.78, 5) is 17.8. The van der Waals surface area contributed by atoms with Gasteiger partial charge in [-0.3, -0.25) is 4.79 Å². The van der Waals surface area contributed by atoms with E-state index < -0.39 is 0 Å². The van der Waals surface area contributed by atoms with Crippen molar-refractivity contribution in [2.45, 2.75) is 20.0 Å². The van der Waals surface area contributed by atoms with Gasteiger partial charge in [0.2, 0.25) is 0 Å². The SMILES string of the molecule is CCc1nc2ccc(Br)cc2c(=O)n1N=Cc1cc(Cl)cc(Br)c1OCc1ccc(Br)cc1. The Bertz CT molecular complexity index is 1420. The fourth-order valence-corrected chi connectivity index (χ4v) is 4.80. The monoisotopic (exact) mass is 651 g/mol. The molecule has 0 aliphatic carbocycles. The third kappa shape index (κ3) is 5.57. The zero-order chi connectivity index (χ0) is 23.5. The Kier molecular flexibility index (Phi) is 7.69. The highest BCUT2D eigenvalue weighted by Crippen LogP contribution is 2.32. The molecular formula is C24H17Br3ClN3O2. The van der Waals surface area contributed by atoms with Crippen LogP contribution in [0.25, 0.3) is 10.9 Å². The second-order valence-corrected chi connectivity index (χ2v) is 10.2. The smallest absolute Gasteiger partial charge is 0.282 e. The number of aryl methyl sites for hydroxylation is 1. The van der Waals surface area contributed by atoms with E-state index >= 15 is 0 Å². The van der Waals surface area contributed by atoms with Gasteiger partial charge < -0.3 is 4.74 Å². The molecule has 0 N–H and O–H groups in total. The van der Waals surface area contributed by atoms with Crippen LogP contribution in [0.2, 0.25) is 5.02 Å². The first kappa shape index (κ1) is 24.1. The lowest BCUT2D eigenvalue weighted by Gasteiger charge is -2.13. The van der Waals surface area contributed by atoms with E-state index in [4.69, 9.17) is 16.3 Å². The molecule has 0 bridgehead atoms. The molecule has 1 aromatic heterocycles. The van der Waals surface area contributed by atoms with Crippen LogP contribution in [0.15, 0.2) is 77.9 Å². The average Bonchev–Trinajstić information content (AvgIpc) is 2.79. The highest BCUT2D eigenvalue weighted by molar-refractivity contribution is 9.11. The van der Waals surface area contributed by atoms with Gasteiger partial charge in [-0.25, -0.2) is 4.98 Å². The molecule has 9 heteroatoms. The van der Waals surface area contributed by atoms with Gasteiger partial charge in [0.25, 0.3) is 5.56 Å². The van der Waals surface area contributed by atoms with E-state index in [9.17, 15) is 4.79 Å². The summed E-state index contributed by atoms with van der Waals surface area (Å²) in [5.74, 6) is 1.14. The molecule has 0 amide bonds. The number of ether oxygens (including phenoxy) is 1. The average molecular weight is 655 g/mol. The van der Waals surface area contributed by atoms with Crippen molar-refractivity contribution >= 4 is 76.5 Å². The molecule has 3 aromatic carbocycles. The minimum Gasteiger partial charge on any atom is -0.487 e. The minimum atomic E-state index is -0.243. The van der Waals surface area contributed by atoms with Gasteiger partial charge in [-0.15, -0.1) is 0 Å².